The zero-order valence-corrected chi connectivity index (χ0v) is 15.6. The summed E-state index contributed by atoms with van der Waals surface area (Å²) in [6.07, 6.45) is 0.912. The summed E-state index contributed by atoms with van der Waals surface area (Å²) in [5.74, 6) is 0.792. The molecule has 24 heavy (non-hydrogen) atoms. The van der Waals surface area contributed by atoms with Gasteiger partial charge in [-0.2, -0.15) is 0 Å². The van der Waals surface area contributed by atoms with Crippen LogP contribution in [0.5, 0.6) is 0 Å². The number of hydrogen-bond acceptors (Lipinski definition) is 4. The molecule has 1 aromatic carbocycles. The number of anilines is 1. The molecular weight excluding hydrogens is 372 g/mol. The SMILES string of the molecule is CC(C)(C)C1CN(c2cnc3ccc(Br)cc3n2)CCN1C(=O)O. The third-order valence-corrected chi connectivity index (χ3v) is 4.93. The molecule has 128 valence electrons. The Labute approximate surface area is 149 Å². The van der Waals surface area contributed by atoms with E-state index in [0.29, 0.717) is 19.6 Å². The Morgan fingerprint density at radius 3 is 2.71 bits per heavy atom. The van der Waals surface area contributed by atoms with Crippen molar-refractivity contribution >= 4 is 38.9 Å². The maximum absolute atomic E-state index is 11.5. The lowest BCUT2D eigenvalue weighted by Gasteiger charge is -2.46. The predicted molar refractivity (Wildman–Crippen MR) is 97.4 cm³/mol. The second-order valence-electron chi connectivity index (χ2n) is 7.17. The zero-order chi connectivity index (χ0) is 17.5. The average Bonchev–Trinajstić information content (AvgIpc) is 2.52. The van der Waals surface area contributed by atoms with E-state index in [1.807, 2.05) is 18.2 Å². The van der Waals surface area contributed by atoms with Crippen LogP contribution in [0.15, 0.2) is 28.9 Å². The van der Waals surface area contributed by atoms with Crippen molar-refractivity contribution in [1.29, 1.82) is 0 Å². The molecule has 1 amide bonds. The highest BCUT2D eigenvalue weighted by molar-refractivity contribution is 9.10. The lowest BCUT2D eigenvalue weighted by atomic mass is 9.84. The van der Waals surface area contributed by atoms with Crippen LogP contribution >= 0.6 is 15.9 Å². The third kappa shape index (κ3) is 3.31. The number of aromatic nitrogens is 2. The van der Waals surface area contributed by atoms with Crippen molar-refractivity contribution in [3.05, 3.63) is 28.9 Å². The molecule has 0 saturated carbocycles. The Bertz CT molecular complexity index is 775. The van der Waals surface area contributed by atoms with E-state index >= 15 is 0 Å². The quantitative estimate of drug-likeness (QED) is 0.802. The zero-order valence-electron chi connectivity index (χ0n) is 14.0. The van der Waals surface area contributed by atoms with Gasteiger partial charge in [-0.1, -0.05) is 36.7 Å². The molecule has 6 nitrogen and oxygen atoms in total. The molecular formula is C17H21BrN4O2. The van der Waals surface area contributed by atoms with E-state index in [-0.39, 0.29) is 11.5 Å². The fraction of sp³-hybridized carbons (Fsp3) is 0.471. The molecule has 1 fully saturated rings. The van der Waals surface area contributed by atoms with Gasteiger partial charge in [0.25, 0.3) is 0 Å². The van der Waals surface area contributed by atoms with Gasteiger partial charge in [0.15, 0.2) is 0 Å². The molecule has 1 saturated heterocycles. The van der Waals surface area contributed by atoms with Gasteiger partial charge in [-0.15, -0.1) is 0 Å². The maximum Gasteiger partial charge on any atom is 0.407 e. The van der Waals surface area contributed by atoms with Gasteiger partial charge in [-0.25, -0.2) is 9.78 Å². The second kappa shape index (κ2) is 6.20. The molecule has 0 radical (unpaired) electrons. The Morgan fingerprint density at radius 1 is 1.29 bits per heavy atom. The summed E-state index contributed by atoms with van der Waals surface area (Å²) in [5, 5.41) is 9.47. The standard InChI is InChI=1S/C17H21BrN4O2/c1-17(2,3)14-10-21(6-7-22(14)16(23)24)15-9-19-12-5-4-11(18)8-13(12)20-15/h4-5,8-9,14H,6-7,10H2,1-3H3,(H,23,24). The fourth-order valence-corrected chi connectivity index (χ4v) is 3.44. The van der Waals surface area contributed by atoms with Crippen molar-refractivity contribution in [3.8, 4) is 0 Å². The highest BCUT2D eigenvalue weighted by Gasteiger charge is 2.38. The molecule has 7 heteroatoms. The highest BCUT2D eigenvalue weighted by Crippen LogP contribution is 2.30. The Hall–Kier alpha value is -1.89. The van der Waals surface area contributed by atoms with E-state index in [1.54, 1.807) is 11.1 Å². The molecule has 1 aromatic heterocycles. The number of nitrogens with zero attached hydrogens (tertiary/aromatic N) is 4. The van der Waals surface area contributed by atoms with Gasteiger partial charge >= 0.3 is 6.09 Å². The van der Waals surface area contributed by atoms with Gasteiger partial charge in [-0.3, -0.25) is 4.98 Å². The lowest BCUT2D eigenvalue weighted by molar-refractivity contribution is 0.0747. The normalized spacial score (nSPS) is 18.9. The van der Waals surface area contributed by atoms with Gasteiger partial charge < -0.3 is 14.9 Å². The minimum absolute atomic E-state index is 0.0937. The average molecular weight is 393 g/mol. The predicted octanol–water partition coefficient (Wildman–Crippen LogP) is 3.61. The van der Waals surface area contributed by atoms with Crippen LogP contribution in [0.1, 0.15) is 20.8 Å². The fourth-order valence-electron chi connectivity index (χ4n) is 3.09. The molecule has 0 aliphatic carbocycles. The van der Waals surface area contributed by atoms with E-state index < -0.39 is 6.09 Å². The number of hydrogen-bond donors (Lipinski definition) is 1. The molecule has 2 aromatic rings. The molecule has 1 atom stereocenters. The van der Waals surface area contributed by atoms with Gasteiger partial charge in [-0.05, 0) is 23.6 Å². The summed E-state index contributed by atoms with van der Waals surface area (Å²) in [4.78, 5) is 24.4. The topological polar surface area (TPSA) is 69.6 Å². The highest BCUT2D eigenvalue weighted by atomic mass is 79.9. The Kier molecular flexibility index (Phi) is 4.38. The van der Waals surface area contributed by atoms with Crippen molar-refractivity contribution in [1.82, 2.24) is 14.9 Å². The van der Waals surface area contributed by atoms with Crippen LogP contribution in [0.4, 0.5) is 10.6 Å². The first-order valence-electron chi connectivity index (χ1n) is 7.92. The van der Waals surface area contributed by atoms with Crippen LogP contribution in [-0.2, 0) is 0 Å². The van der Waals surface area contributed by atoms with E-state index in [4.69, 9.17) is 4.98 Å². The Morgan fingerprint density at radius 2 is 2.04 bits per heavy atom. The number of carboxylic acid groups (broad SMARTS) is 1. The van der Waals surface area contributed by atoms with E-state index in [9.17, 15) is 9.90 Å². The van der Waals surface area contributed by atoms with Crippen molar-refractivity contribution in [3.63, 3.8) is 0 Å². The van der Waals surface area contributed by atoms with Gasteiger partial charge in [0, 0.05) is 24.1 Å². The molecule has 0 spiro atoms. The minimum Gasteiger partial charge on any atom is -0.465 e. The molecule has 2 heterocycles. The van der Waals surface area contributed by atoms with Crippen LogP contribution in [0.3, 0.4) is 0 Å². The number of carbonyl (C=O) groups is 1. The first-order chi connectivity index (χ1) is 11.3. The van der Waals surface area contributed by atoms with E-state index in [2.05, 4.69) is 46.6 Å². The molecule has 1 unspecified atom stereocenters. The lowest BCUT2D eigenvalue weighted by Crippen LogP contribution is -2.59. The largest absolute Gasteiger partial charge is 0.465 e. The smallest absolute Gasteiger partial charge is 0.407 e. The van der Waals surface area contributed by atoms with Gasteiger partial charge in [0.05, 0.1) is 23.3 Å². The number of piperazine rings is 1. The van der Waals surface area contributed by atoms with Crippen LogP contribution in [0.25, 0.3) is 11.0 Å². The summed E-state index contributed by atoms with van der Waals surface area (Å²) in [7, 11) is 0. The van der Waals surface area contributed by atoms with Crippen molar-refractivity contribution in [2.45, 2.75) is 26.8 Å². The molecule has 1 aliphatic rings. The molecule has 3 rings (SSSR count). The Balaban J connectivity index is 1.91. The second-order valence-corrected chi connectivity index (χ2v) is 8.08. The van der Waals surface area contributed by atoms with E-state index in [0.717, 1.165) is 21.3 Å². The molecule has 1 aliphatic heterocycles. The minimum atomic E-state index is -0.858. The summed E-state index contributed by atoms with van der Waals surface area (Å²) in [6, 6.07) is 5.72. The molecule has 0 bridgehead atoms. The number of benzene rings is 1. The van der Waals surface area contributed by atoms with Gasteiger partial charge in [0.1, 0.15) is 5.82 Å². The van der Waals surface area contributed by atoms with Crippen LogP contribution in [-0.4, -0.2) is 51.7 Å². The number of halogens is 1. The third-order valence-electron chi connectivity index (χ3n) is 4.44. The number of amides is 1. The van der Waals surface area contributed by atoms with Crippen molar-refractivity contribution in [2.24, 2.45) is 5.41 Å². The van der Waals surface area contributed by atoms with Crippen LogP contribution < -0.4 is 4.90 Å². The summed E-state index contributed by atoms with van der Waals surface area (Å²) < 4.78 is 0.963. The maximum atomic E-state index is 11.5. The summed E-state index contributed by atoms with van der Waals surface area (Å²) in [6.45, 7) is 7.91. The van der Waals surface area contributed by atoms with Crippen LogP contribution in [0, 0.1) is 5.41 Å². The van der Waals surface area contributed by atoms with Crippen molar-refractivity contribution < 1.29 is 9.90 Å². The first kappa shape index (κ1) is 17.0. The number of rotatable bonds is 1. The number of fused-ring (bicyclic) bond motifs is 1. The molecule has 1 N–H and O–H groups in total. The van der Waals surface area contributed by atoms with Gasteiger partial charge in [0.2, 0.25) is 0 Å². The van der Waals surface area contributed by atoms with E-state index in [1.165, 1.54) is 0 Å². The monoisotopic (exact) mass is 392 g/mol. The first-order valence-corrected chi connectivity index (χ1v) is 8.72. The van der Waals surface area contributed by atoms with Crippen LogP contribution in [0.2, 0.25) is 0 Å². The summed E-state index contributed by atoms with van der Waals surface area (Å²) in [5.41, 5.74) is 1.53. The van der Waals surface area contributed by atoms with Crippen molar-refractivity contribution in [2.75, 3.05) is 24.5 Å². The summed E-state index contributed by atoms with van der Waals surface area (Å²) >= 11 is 3.46.